The van der Waals surface area contributed by atoms with Gasteiger partial charge >= 0.3 is 0 Å². The standard InChI is InChI=1S/C19H29N3O2/c1-22-10-11-24-17(14-22)12-20-13-18(23)21-15-19(8-5-9-19)16-6-3-2-4-7-16/h2-4,6-7,17,20H,5,8-15H2,1H3,(H,21,23)/t17-/m0/s1. The molecule has 2 N–H and O–H groups in total. The molecule has 5 heteroatoms. The molecule has 1 amide bonds. The molecule has 1 aromatic carbocycles. The lowest BCUT2D eigenvalue weighted by molar-refractivity contribution is -0.120. The zero-order chi connectivity index (χ0) is 16.8. The minimum Gasteiger partial charge on any atom is -0.374 e. The van der Waals surface area contributed by atoms with E-state index in [9.17, 15) is 4.79 Å². The summed E-state index contributed by atoms with van der Waals surface area (Å²) in [6, 6.07) is 10.6. The van der Waals surface area contributed by atoms with Crippen molar-refractivity contribution in [3.05, 3.63) is 35.9 Å². The summed E-state index contributed by atoms with van der Waals surface area (Å²) in [5.41, 5.74) is 1.50. The molecule has 0 bridgehead atoms. The highest BCUT2D eigenvalue weighted by Gasteiger charge is 2.38. The average Bonchev–Trinajstić information content (AvgIpc) is 2.55. The van der Waals surface area contributed by atoms with Crippen LogP contribution >= 0.6 is 0 Å². The lowest BCUT2D eigenvalue weighted by atomic mass is 9.64. The predicted molar refractivity (Wildman–Crippen MR) is 95.1 cm³/mol. The van der Waals surface area contributed by atoms with Crippen molar-refractivity contribution in [3.8, 4) is 0 Å². The largest absolute Gasteiger partial charge is 0.374 e. The number of nitrogens with one attached hydrogen (secondary N) is 2. The first-order chi connectivity index (χ1) is 11.7. The number of carbonyl (C=O) groups is 1. The highest BCUT2D eigenvalue weighted by Crippen LogP contribution is 2.43. The van der Waals surface area contributed by atoms with Crippen molar-refractivity contribution in [3.63, 3.8) is 0 Å². The summed E-state index contributed by atoms with van der Waals surface area (Å²) >= 11 is 0. The van der Waals surface area contributed by atoms with E-state index in [1.54, 1.807) is 0 Å². The molecule has 3 rings (SSSR count). The van der Waals surface area contributed by atoms with Crippen LogP contribution in [0.4, 0.5) is 0 Å². The van der Waals surface area contributed by atoms with Crippen molar-refractivity contribution in [1.29, 1.82) is 0 Å². The molecule has 1 aliphatic carbocycles. The molecule has 1 atom stereocenters. The second-order valence-corrected chi connectivity index (χ2v) is 7.16. The van der Waals surface area contributed by atoms with E-state index in [2.05, 4.69) is 46.8 Å². The quantitative estimate of drug-likeness (QED) is 0.787. The summed E-state index contributed by atoms with van der Waals surface area (Å²) in [4.78, 5) is 14.4. The summed E-state index contributed by atoms with van der Waals surface area (Å²) in [6.07, 6.45) is 3.74. The summed E-state index contributed by atoms with van der Waals surface area (Å²) < 4.78 is 5.69. The predicted octanol–water partition coefficient (Wildman–Crippen LogP) is 1.14. The van der Waals surface area contributed by atoms with E-state index in [-0.39, 0.29) is 17.4 Å². The van der Waals surface area contributed by atoms with Crippen LogP contribution in [-0.2, 0) is 14.9 Å². The van der Waals surface area contributed by atoms with Crippen molar-refractivity contribution in [1.82, 2.24) is 15.5 Å². The number of hydrogen-bond donors (Lipinski definition) is 2. The Morgan fingerprint density at radius 2 is 2.12 bits per heavy atom. The molecule has 2 fully saturated rings. The molecule has 0 unspecified atom stereocenters. The number of carbonyl (C=O) groups excluding carboxylic acids is 1. The third kappa shape index (κ3) is 4.35. The maximum atomic E-state index is 12.1. The number of morpholine rings is 1. The third-order valence-corrected chi connectivity index (χ3v) is 5.32. The van der Waals surface area contributed by atoms with E-state index in [0.717, 1.165) is 45.6 Å². The fourth-order valence-electron chi connectivity index (χ4n) is 3.63. The van der Waals surface area contributed by atoms with Crippen molar-refractivity contribution in [2.75, 3.05) is 46.4 Å². The lowest BCUT2D eigenvalue weighted by Gasteiger charge is -2.42. The van der Waals surface area contributed by atoms with Crippen LogP contribution in [0.3, 0.4) is 0 Å². The van der Waals surface area contributed by atoms with Gasteiger partial charge in [0.05, 0.1) is 19.3 Å². The van der Waals surface area contributed by atoms with Gasteiger partial charge in [-0.2, -0.15) is 0 Å². The third-order valence-electron chi connectivity index (χ3n) is 5.32. The SMILES string of the molecule is CN1CCO[C@@H](CNCC(=O)NCC2(c3ccccc3)CCC2)C1. The summed E-state index contributed by atoms with van der Waals surface area (Å²) in [6.45, 7) is 4.50. The van der Waals surface area contributed by atoms with E-state index in [0.29, 0.717) is 6.54 Å². The van der Waals surface area contributed by atoms with E-state index in [4.69, 9.17) is 4.74 Å². The topological polar surface area (TPSA) is 53.6 Å². The minimum atomic E-state index is 0.0707. The Labute approximate surface area is 144 Å². The highest BCUT2D eigenvalue weighted by molar-refractivity contribution is 5.78. The van der Waals surface area contributed by atoms with E-state index < -0.39 is 0 Å². The minimum absolute atomic E-state index is 0.0707. The number of ether oxygens (including phenoxy) is 1. The van der Waals surface area contributed by atoms with Crippen LogP contribution in [0.2, 0.25) is 0 Å². The van der Waals surface area contributed by atoms with Gasteiger partial charge in [-0.15, -0.1) is 0 Å². The molecular formula is C19H29N3O2. The number of amides is 1. The summed E-state index contributed by atoms with van der Waals surface area (Å²) in [5.74, 6) is 0.0707. The van der Waals surface area contributed by atoms with Crippen LogP contribution in [0.25, 0.3) is 0 Å². The lowest BCUT2D eigenvalue weighted by Crippen LogP contribution is -2.49. The number of hydrogen-bond acceptors (Lipinski definition) is 4. The van der Waals surface area contributed by atoms with Crippen LogP contribution < -0.4 is 10.6 Å². The summed E-state index contributed by atoms with van der Waals surface area (Å²) in [7, 11) is 2.10. The number of benzene rings is 1. The van der Waals surface area contributed by atoms with Crippen molar-refractivity contribution in [2.45, 2.75) is 30.8 Å². The zero-order valence-electron chi connectivity index (χ0n) is 14.6. The normalized spacial score (nSPS) is 23.5. The molecule has 0 spiro atoms. The number of likely N-dealkylation sites (N-methyl/N-ethyl adjacent to an activating group) is 1. The maximum absolute atomic E-state index is 12.1. The van der Waals surface area contributed by atoms with Crippen LogP contribution in [-0.4, -0.2) is 63.3 Å². The fourth-order valence-corrected chi connectivity index (χ4v) is 3.63. The zero-order valence-corrected chi connectivity index (χ0v) is 14.6. The molecule has 5 nitrogen and oxygen atoms in total. The maximum Gasteiger partial charge on any atom is 0.233 e. The van der Waals surface area contributed by atoms with Crippen molar-refractivity contribution < 1.29 is 9.53 Å². The molecule has 2 aliphatic rings. The molecule has 1 saturated carbocycles. The Kier molecular flexibility index (Phi) is 5.87. The Balaban J connectivity index is 1.39. The van der Waals surface area contributed by atoms with Gasteiger partial charge in [0.15, 0.2) is 0 Å². The Hall–Kier alpha value is -1.43. The molecule has 0 aromatic heterocycles. The van der Waals surface area contributed by atoms with Gasteiger partial charge in [0.1, 0.15) is 0 Å². The van der Waals surface area contributed by atoms with Gasteiger partial charge in [-0.3, -0.25) is 4.79 Å². The van der Waals surface area contributed by atoms with Gasteiger partial charge in [0, 0.05) is 31.6 Å². The van der Waals surface area contributed by atoms with Gasteiger partial charge in [-0.25, -0.2) is 0 Å². The van der Waals surface area contributed by atoms with Gasteiger partial charge < -0.3 is 20.3 Å². The second-order valence-electron chi connectivity index (χ2n) is 7.16. The number of nitrogens with zero attached hydrogens (tertiary/aromatic N) is 1. The first kappa shape index (κ1) is 17.4. The molecule has 24 heavy (non-hydrogen) atoms. The van der Waals surface area contributed by atoms with E-state index in [1.807, 2.05) is 6.07 Å². The van der Waals surface area contributed by atoms with Gasteiger partial charge in [0.2, 0.25) is 5.91 Å². The average molecular weight is 331 g/mol. The monoisotopic (exact) mass is 331 g/mol. The van der Waals surface area contributed by atoms with Crippen molar-refractivity contribution >= 4 is 5.91 Å². The van der Waals surface area contributed by atoms with Gasteiger partial charge in [0.25, 0.3) is 0 Å². The Bertz CT molecular complexity index is 531. The highest BCUT2D eigenvalue weighted by atomic mass is 16.5. The molecule has 1 aromatic rings. The first-order valence-corrected chi connectivity index (χ1v) is 9.01. The first-order valence-electron chi connectivity index (χ1n) is 9.01. The van der Waals surface area contributed by atoms with E-state index >= 15 is 0 Å². The Morgan fingerprint density at radius 1 is 1.33 bits per heavy atom. The van der Waals surface area contributed by atoms with Crippen LogP contribution in [0.5, 0.6) is 0 Å². The van der Waals surface area contributed by atoms with Gasteiger partial charge in [-0.05, 0) is 25.5 Å². The van der Waals surface area contributed by atoms with Crippen LogP contribution in [0, 0.1) is 0 Å². The Morgan fingerprint density at radius 3 is 2.79 bits per heavy atom. The molecule has 1 saturated heterocycles. The fraction of sp³-hybridized carbons (Fsp3) is 0.632. The smallest absolute Gasteiger partial charge is 0.233 e. The summed E-state index contributed by atoms with van der Waals surface area (Å²) in [5, 5.41) is 6.34. The van der Waals surface area contributed by atoms with Gasteiger partial charge in [-0.1, -0.05) is 36.8 Å². The second kappa shape index (κ2) is 8.10. The van der Waals surface area contributed by atoms with E-state index in [1.165, 1.54) is 12.0 Å². The molecule has 132 valence electrons. The molecule has 1 heterocycles. The van der Waals surface area contributed by atoms with Crippen LogP contribution in [0.1, 0.15) is 24.8 Å². The number of rotatable bonds is 7. The molecule has 0 radical (unpaired) electrons. The molecule has 1 aliphatic heterocycles. The van der Waals surface area contributed by atoms with Crippen LogP contribution in [0.15, 0.2) is 30.3 Å². The molecular weight excluding hydrogens is 302 g/mol. The van der Waals surface area contributed by atoms with Crippen molar-refractivity contribution in [2.24, 2.45) is 0 Å².